The number of hydrogen-bond donors (Lipinski definition) is 1. The molecule has 1 amide bonds. The van der Waals surface area contributed by atoms with E-state index < -0.39 is 17.5 Å². The Morgan fingerprint density at radius 2 is 1.65 bits per heavy atom. The molecule has 0 aromatic heterocycles. The van der Waals surface area contributed by atoms with Crippen LogP contribution in [0, 0.1) is 11.6 Å². The minimum absolute atomic E-state index is 0.0267. The van der Waals surface area contributed by atoms with Crippen molar-refractivity contribution in [2.75, 3.05) is 17.2 Å². The molecule has 3 nitrogen and oxygen atoms in total. The van der Waals surface area contributed by atoms with Crippen LogP contribution in [0.15, 0.2) is 42.5 Å². The number of halogens is 2. The molecule has 104 valence electrons. The second-order valence-corrected chi connectivity index (χ2v) is 4.30. The maximum atomic E-state index is 13.2. The average Bonchev–Trinajstić information content (AvgIpc) is 2.40. The van der Waals surface area contributed by atoms with Crippen LogP contribution in [-0.4, -0.2) is 12.5 Å². The lowest BCUT2D eigenvalue weighted by Gasteiger charge is -2.21. The van der Waals surface area contributed by atoms with Gasteiger partial charge < -0.3 is 10.6 Å². The highest BCUT2D eigenvalue weighted by Gasteiger charge is 2.17. The van der Waals surface area contributed by atoms with Crippen LogP contribution in [0.3, 0.4) is 0 Å². The van der Waals surface area contributed by atoms with Crippen LogP contribution < -0.4 is 10.6 Å². The molecular formula is C15H14F2N2O. The number of amides is 1. The number of rotatable bonds is 3. The lowest BCUT2D eigenvalue weighted by atomic mass is 10.1. The van der Waals surface area contributed by atoms with E-state index in [-0.39, 0.29) is 5.56 Å². The molecule has 0 spiro atoms. The molecule has 0 saturated carbocycles. The maximum Gasteiger partial charge on any atom is 0.258 e. The number of carbonyl (C=O) groups excluding carboxylic acids is 1. The fraction of sp³-hybridized carbons (Fsp3) is 0.133. The van der Waals surface area contributed by atoms with Crippen molar-refractivity contribution in [2.24, 2.45) is 0 Å². The van der Waals surface area contributed by atoms with Crippen molar-refractivity contribution in [3.05, 3.63) is 59.7 Å². The van der Waals surface area contributed by atoms with Crippen LogP contribution in [0.2, 0.25) is 0 Å². The normalized spacial score (nSPS) is 10.3. The lowest BCUT2D eigenvalue weighted by molar-refractivity contribution is 0.0987. The van der Waals surface area contributed by atoms with Crippen LogP contribution in [0.5, 0.6) is 0 Å². The maximum absolute atomic E-state index is 13.2. The average molecular weight is 276 g/mol. The van der Waals surface area contributed by atoms with E-state index in [2.05, 4.69) is 0 Å². The highest BCUT2D eigenvalue weighted by molar-refractivity contribution is 6.06. The van der Waals surface area contributed by atoms with E-state index in [1.807, 2.05) is 0 Å². The molecular weight excluding hydrogens is 262 g/mol. The Balaban J connectivity index is 2.36. The molecule has 0 atom stereocenters. The van der Waals surface area contributed by atoms with Crippen molar-refractivity contribution in [1.29, 1.82) is 0 Å². The van der Waals surface area contributed by atoms with E-state index in [9.17, 15) is 13.6 Å². The zero-order valence-electron chi connectivity index (χ0n) is 10.9. The molecule has 0 saturated heterocycles. The van der Waals surface area contributed by atoms with Crippen molar-refractivity contribution >= 4 is 17.3 Å². The minimum atomic E-state index is -0.776. The van der Waals surface area contributed by atoms with E-state index >= 15 is 0 Å². The SMILES string of the molecule is CCN(C(=O)c1cc(F)cc(F)c1)c1ccc(N)cc1. The van der Waals surface area contributed by atoms with Crippen molar-refractivity contribution < 1.29 is 13.6 Å². The highest BCUT2D eigenvalue weighted by atomic mass is 19.1. The van der Waals surface area contributed by atoms with Gasteiger partial charge in [-0.3, -0.25) is 4.79 Å². The van der Waals surface area contributed by atoms with Gasteiger partial charge in [0.25, 0.3) is 5.91 Å². The third kappa shape index (κ3) is 2.93. The van der Waals surface area contributed by atoms with Crippen molar-refractivity contribution in [3.8, 4) is 0 Å². The molecule has 2 N–H and O–H groups in total. The van der Waals surface area contributed by atoms with Gasteiger partial charge in [0.05, 0.1) is 0 Å². The Hall–Kier alpha value is -2.43. The molecule has 0 heterocycles. The quantitative estimate of drug-likeness (QED) is 0.875. The number of hydrogen-bond acceptors (Lipinski definition) is 2. The van der Waals surface area contributed by atoms with Crippen molar-refractivity contribution in [1.82, 2.24) is 0 Å². The van der Waals surface area contributed by atoms with Gasteiger partial charge >= 0.3 is 0 Å². The summed E-state index contributed by atoms with van der Waals surface area (Å²) in [5.74, 6) is -2.01. The molecule has 2 rings (SSSR count). The van der Waals surface area contributed by atoms with Gasteiger partial charge in [-0.25, -0.2) is 8.78 Å². The summed E-state index contributed by atoms with van der Waals surface area (Å²) in [6.07, 6.45) is 0. The first-order valence-corrected chi connectivity index (χ1v) is 6.14. The summed E-state index contributed by atoms with van der Waals surface area (Å²) >= 11 is 0. The van der Waals surface area contributed by atoms with Gasteiger partial charge in [-0.05, 0) is 43.3 Å². The van der Waals surface area contributed by atoms with Gasteiger partial charge in [0.1, 0.15) is 11.6 Å². The van der Waals surface area contributed by atoms with E-state index in [0.29, 0.717) is 17.9 Å². The molecule has 0 unspecified atom stereocenters. The zero-order valence-corrected chi connectivity index (χ0v) is 10.9. The van der Waals surface area contributed by atoms with Gasteiger partial charge in [-0.15, -0.1) is 0 Å². The Morgan fingerprint density at radius 3 is 2.15 bits per heavy atom. The number of anilines is 2. The number of benzene rings is 2. The number of carbonyl (C=O) groups is 1. The zero-order chi connectivity index (χ0) is 14.7. The largest absolute Gasteiger partial charge is 0.399 e. The highest BCUT2D eigenvalue weighted by Crippen LogP contribution is 2.19. The van der Waals surface area contributed by atoms with Crippen LogP contribution in [-0.2, 0) is 0 Å². The van der Waals surface area contributed by atoms with Crippen LogP contribution in [0.4, 0.5) is 20.2 Å². The summed E-state index contributed by atoms with van der Waals surface area (Å²) < 4.78 is 26.4. The van der Waals surface area contributed by atoms with Crippen molar-refractivity contribution in [2.45, 2.75) is 6.92 Å². The van der Waals surface area contributed by atoms with E-state index in [1.165, 1.54) is 4.90 Å². The second kappa shape index (κ2) is 5.69. The lowest BCUT2D eigenvalue weighted by Crippen LogP contribution is -2.30. The summed E-state index contributed by atoms with van der Waals surface area (Å²) in [6, 6.07) is 9.47. The third-order valence-corrected chi connectivity index (χ3v) is 2.88. The molecule has 2 aromatic rings. The first kappa shape index (κ1) is 14.0. The van der Waals surface area contributed by atoms with Crippen molar-refractivity contribution in [3.63, 3.8) is 0 Å². The van der Waals surface area contributed by atoms with Gasteiger partial charge in [-0.2, -0.15) is 0 Å². The molecule has 0 aliphatic heterocycles. The van der Waals surface area contributed by atoms with E-state index in [4.69, 9.17) is 5.73 Å². The van der Waals surface area contributed by atoms with Gasteiger partial charge in [-0.1, -0.05) is 0 Å². The Labute approximate surface area is 115 Å². The molecule has 20 heavy (non-hydrogen) atoms. The second-order valence-electron chi connectivity index (χ2n) is 4.30. The summed E-state index contributed by atoms with van der Waals surface area (Å²) in [4.78, 5) is 13.8. The first-order chi connectivity index (χ1) is 9.51. The van der Waals surface area contributed by atoms with Gasteiger partial charge in [0.2, 0.25) is 0 Å². The smallest absolute Gasteiger partial charge is 0.258 e. The summed E-state index contributed by atoms with van der Waals surface area (Å²) in [7, 11) is 0. The number of nitrogen functional groups attached to an aromatic ring is 1. The predicted octanol–water partition coefficient (Wildman–Crippen LogP) is 3.21. The van der Waals surface area contributed by atoms with E-state index in [0.717, 1.165) is 18.2 Å². The summed E-state index contributed by atoms with van der Waals surface area (Å²) in [6.45, 7) is 2.16. The Morgan fingerprint density at radius 1 is 1.10 bits per heavy atom. The minimum Gasteiger partial charge on any atom is -0.399 e. The third-order valence-electron chi connectivity index (χ3n) is 2.88. The van der Waals surface area contributed by atoms with Crippen LogP contribution in [0.1, 0.15) is 17.3 Å². The molecule has 0 aliphatic rings. The molecule has 0 radical (unpaired) electrons. The molecule has 0 aliphatic carbocycles. The fourth-order valence-electron chi connectivity index (χ4n) is 1.93. The van der Waals surface area contributed by atoms with E-state index in [1.54, 1.807) is 31.2 Å². The number of nitrogens with zero attached hydrogens (tertiary/aromatic N) is 1. The molecule has 2 aromatic carbocycles. The van der Waals surface area contributed by atoms with Crippen LogP contribution >= 0.6 is 0 Å². The fourth-order valence-corrected chi connectivity index (χ4v) is 1.93. The monoisotopic (exact) mass is 276 g/mol. The van der Waals surface area contributed by atoms with Gasteiger partial charge in [0.15, 0.2) is 0 Å². The Bertz CT molecular complexity index is 606. The standard InChI is InChI=1S/C15H14F2N2O/c1-2-19(14-5-3-13(18)4-6-14)15(20)10-7-11(16)9-12(17)8-10/h3-9H,2,18H2,1H3. The topological polar surface area (TPSA) is 46.3 Å². The molecule has 0 fully saturated rings. The van der Waals surface area contributed by atoms with Gasteiger partial charge in [0, 0.05) is 29.5 Å². The molecule has 0 bridgehead atoms. The number of nitrogens with two attached hydrogens (primary N) is 1. The molecule has 5 heteroatoms. The summed E-state index contributed by atoms with van der Waals surface area (Å²) in [5.41, 5.74) is 6.77. The Kier molecular flexibility index (Phi) is 3.98. The first-order valence-electron chi connectivity index (χ1n) is 6.14. The summed E-state index contributed by atoms with van der Waals surface area (Å²) in [5, 5.41) is 0. The predicted molar refractivity (Wildman–Crippen MR) is 74.6 cm³/mol. The van der Waals surface area contributed by atoms with Crippen LogP contribution in [0.25, 0.3) is 0 Å².